The molecule has 2 rings (SSSR count). The third-order valence-corrected chi connectivity index (χ3v) is 2.78. The zero-order chi connectivity index (χ0) is 10.7. The first kappa shape index (κ1) is 10.6. The molecule has 1 fully saturated rings. The van der Waals surface area contributed by atoms with Crippen molar-refractivity contribution in [3.63, 3.8) is 0 Å². The molecule has 0 unspecified atom stereocenters. The van der Waals surface area contributed by atoms with Crippen molar-refractivity contribution >= 4 is 17.4 Å². The molecular formula is C10H15ClN4. The molecule has 1 aliphatic carbocycles. The summed E-state index contributed by atoms with van der Waals surface area (Å²) in [6, 6.07) is 2.54. The van der Waals surface area contributed by atoms with Gasteiger partial charge in [-0.1, -0.05) is 11.6 Å². The van der Waals surface area contributed by atoms with E-state index in [1.807, 2.05) is 0 Å². The smallest absolute Gasteiger partial charge is 0.134 e. The van der Waals surface area contributed by atoms with Crippen LogP contribution in [0.25, 0.3) is 0 Å². The highest BCUT2D eigenvalue weighted by molar-refractivity contribution is 6.29. The van der Waals surface area contributed by atoms with Crippen molar-refractivity contribution in [3.05, 3.63) is 17.5 Å². The van der Waals surface area contributed by atoms with Crippen molar-refractivity contribution in [2.45, 2.75) is 18.9 Å². The van der Waals surface area contributed by atoms with Crippen LogP contribution in [-0.4, -0.2) is 41.0 Å². The van der Waals surface area contributed by atoms with Gasteiger partial charge in [0, 0.05) is 25.2 Å². The topological polar surface area (TPSA) is 41.0 Å². The van der Waals surface area contributed by atoms with Gasteiger partial charge in [0.1, 0.15) is 17.3 Å². The Morgan fingerprint density at radius 3 is 3.00 bits per heavy atom. The second kappa shape index (κ2) is 4.77. The van der Waals surface area contributed by atoms with Gasteiger partial charge >= 0.3 is 0 Å². The Hall–Kier alpha value is -0.870. The lowest BCUT2D eigenvalue weighted by molar-refractivity contribution is 0.337. The summed E-state index contributed by atoms with van der Waals surface area (Å²) < 4.78 is 0. The highest BCUT2D eigenvalue weighted by Crippen LogP contribution is 2.24. The number of likely N-dealkylation sites (N-methyl/N-ethyl adjacent to an activating group) is 1. The molecule has 0 bridgehead atoms. The molecule has 0 radical (unpaired) electrons. The second-order valence-corrected chi connectivity index (χ2v) is 4.25. The van der Waals surface area contributed by atoms with Gasteiger partial charge in [-0.3, -0.25) is 0 Å². The van der Waals surface area contributed by atoms with Crippen molar-refractivity contribution in [2.75, 3.05) is 25.5 Å². The van der Waals surface area contributed by atoms with Crippen LogP contribution in [0.2, 0.25) is 5.15 Å². The first-order chi connectivity index (χ1) is 7.25. The molecule has 82 valence electrons. The molecule has 0 amide bonds. The van der Waals surface area contributed by atoms with Crippen LogP contribution in [0.4, 0.5) is 5.82 Å². The van der Waals surface area contributed by atoms with E-state index in [0.717, 1.165) is 24.9 Å². The highest BCUT2D eigenvalue weighted by Gasteiger charge is 2.25. The summed E-state index contributed by atoms with van der Waals surface area (Å²) >= 11 is 5.75. The fourth-order valence-corrected chi connectivity index (χ4v) is 1.64. The van der Waals surface area contributed by atoms with E-state index in [0.29, 0.717) is 5.15 Å². The Morgan fingerprint density at radius 2 is 2.33 bits per heavy atom. The van der Waals surface area contributed by atoms with Crippen molar-refractivity contribution in [1.82, 2.24) is 14.9 Å². The maximum atomic E-state index is 5.75. The van der Waals surface area contributed by atoms with E-state index in [4.69, 9.17) is 11.6 Å². The lowest BCUT2D eigenvalue weighted by Gasteiger charge is -2.15. The van der Waals surface area contributed by atoms with Crippen LogP contribution in [-0.2, 0) is 0 Å². The van der Waals surface area contributed by atoms with Gasteiger partial charge in [0.25, 0.3) is 0 Å². The molecule has 0 atom stereocenters. The minimum Gasteiger partial charge on any atom is -0.369 e. The average Bonchev–Trinajstić information content (AvgIpc) is 3.00. The molecule has 1 aromatic rings. The van der Waals surface area contributed by atoms with Crippen LogP contribution in [0.5, 0.6) is 0 Å². The van der Waals surface area contributed by atoms with E-state index < -0.39 is 0 Å². The Bertz CT molecular complexity index is 327. The number of hydrogen-bond donors (Lipinski definition) is 1. The summed E-state index contributed by atoms with van der Waals surface area (Å²) in [5, 5.41) is 3.70. The number of rotatable bonds is 5. The first-order valence-corrected chi connectivity index (χ1v) is 5.55. The maximum Gasteiger partial charge on any atom is 0.134 e. The number of nitrogens with one attached hydrogen (secondary N) is 1. The number of anilines is 1. The Balaban J connectivity index is 1.73. The lowest BCUT2D eigenvalue weighted by atomic mass is 10.5. The summed E-state index contributed by atoms with van der Waals surface area (Å²) in [4.78, 5) is 10.3. The van der Waals surface area contributed by atoms with Gasteiger partial charge in [0.05, 0.1) is 0 Å². The third kappa shape index (κ3) is 3.32. The normalized spacial score (nSPS) is 15.7. The molecule has 15 heavy (non-hydrogen) atoms. The Morgan fingerprint density at radius 1 is 1.53 bits per heavy atom. The number of hydrogen-bond acceptors (Lipinski definition) is 4. The zero-order valence-electron chi connectivity index (χ0n) is 8.78. The van der Waals surface area contributed by atoms with Crippen LogP contribution in [0.3, 0.4) is 0 Å². The van der Waals surface area contributed by atoms with Crippen LogP contribution < -0.4 is 5.32 Å². The van der Waals surface area contributed by atoms with Gasteiger partial charge in [-0.15, -0.1) is 0 Å². The standard InChI is InChI=1S/C10H15ClN4/c1-15(8-2-3-8)5-4-12-10-6-9(11)13-7-14-10/h6-8H,2-5H2,1H3,(H,12,13,14). The van der Waals surface area contributed by atoms with E-state index in [2.05, 4.69) is 27.2 Å². The minimum atomic E-state index is 0.475. The van der Waals surface area contributed by atoms with Crippen LogP contribution in [0.1, 0.15) is 12.8 Å². The van der Waals surface area contributed by atoms with Crippen molar-refractivity contribution < 1.29 is 0 Å². The molecule has 0 aromatic carbocycles. The van der Waals surface area contributed by atoms with Gasteiger partial charge in [-0.2, -0.15) is 0 Å². The molecular weight excluding hydrogens is 212 g/mol. The van der Waals surface area contributed by atoms with Crippen molar-refractivity contribution in [1.29, 1.82) is 0 Å². The van der Waals surface area contributed by atoms with Gasteiger partial charge < -0.3 is 10.2 Å². The molecule has 1 aliphatic rings. The van der Waals surface area contributed by atoms with E-state index in [1.165, 1.54) is 19.2 Å². The quantitative estimate of drug-likeness (QED) is 0.775. The molecule has 0 spiro atoms. The van der Waals surface area contributed by atoms with Crippen LogP contribution >= 0.6 is 11.6 Å². The van der Waals surface area contributed by atoms with E-state index >= 15 is 0 Å². The Labute approximate surface area is 94.7 Å². The number of aromatic nitrogens is 2. The van der Waals surface area contributed by atoms with Gasteiger partial charge in [-0.05, 0) is 19.9 Å². The fraction of sp³-hybridized carbons (Fsp3) is 0.600. The Kier molecular flexibility index (Phi) is 3.38. The molecule has 0 aliphatic heterocycles. The molecule has 0 saturated heterocycles. The first-order valence-electron chi connectivity index (χ1n) is 5.17. The predicted octanol–water partition coefficient (Wildman–Crippen LogP) is 1.64. The van der Waals surface area contributed by atoms with E-state index in [-0.39, 0.29) is 0 Å². The van der Waals surface area contributed by atoms with Gasteiger partial charge in [0.15, 0.2) is 0 Å². The predicted molar refractivity (Wildman–Crippen MR) is 61.2 cm³/mol. The third-order valence-electron chi connectivity index (χ3n) is 2.57. The maximum absolute atomic E-state index is 5.75. The van der Waals surface area contributed by atoms with Crippen molar-refractivity contribution in [3.8, 4) is 0 Å². The minimum absolute atomic E-state index is 0.475. The summed E-state index contributed by atoms with van der Waals surface area (Å²) in [5.41, 5.74) is 0. The number of nitrogens with zero attached hydrogens (tertiary/aromatic N) is 3. The van der Waals surface area contributed by atoms with E-state index in [9.17, 15) is 0 Å². The monoisotopic (exact) mass is 226 g/mol. The zero-order valence-corrected chi connectivity index (χ0v) is 9.54. The summed E-state index contributed by atoms with van der Waals surface area (Å²) in [6.07, 6.45) is 4.15. The highest BCUT2D eigenvalue weighted by atomic mass is 35.5. The molecule has 1 aromatic heterocycles. The second-order valence-electron chi connectivity index (χ2n) is 3.86. The SMILES string of the molecule is CN(CCNc1cc(Cl)ncn1)C1CC1. The summed E-state index contributed by atoms with van der Waals surface area (Å²) in [7, 11) is 2.16. The van der Waals surface area contributed by atoms with Crippen molar-refractivity contribution in [2.24, 2.45) is 0 Å². The molecule has 1 heterocycles. The molecule has 4 nitrogen and oxygen atoms in total. The molecule has 1 N–H and O–H groups in total. The number of halogens is 1. The summed E-state index contributed by atoms with van der Waals surface area (Å²) in [5.74, 6) is 0.791. The fourth-order valence-electron chi connectivity index (χ4n) is 1.49. The van der Waals surface area contributed by atoms with Crippen LogP contribution in [0.15, 0.2) is 12.4 Å². The lowest BCUT2D eigenvalue weighted by Crippen LogP contribution is -2.27. The van der Waals surface area contributed by atoms with E-state index in [1.54, 1.807) is 6.07 Å². The molecule has 1 saturated carbocycles. The van der Waals surface area contributed by atoms with Gasteiger partial charge in [0.2, 0.25) is 0 Å². The average molecular weight is 227 g/mol. The van der Waals surface area contributed by atoms with Gasteiger partial charge in [-0.25, -0.2) is 9.97 Å². The summed E-state index contributed by atoms with van der Waals surface area (Å²) in [6.45, 7) is 1.92. The molecule has 5 heteroatoms. The largest absolute Gasteiger partial charge is 0.369 e. The van der Waals surface area contributed by atoms with Crippen LogP contribution in [0, 0.1) is 0 Å².